The van der Waals surface area contributed by atoms with Crippen molar-refractivity contribution >= 4 is 0 Å². The van der Waals surface area contributed by atoms with Gasteiger partial charge in [-0.15, -0.1) is 0 Å². The number of hydrogen-bond acceptors (Lipinski definition) is 2. The highest BCUT2D eigenvalue weighted by molar-refractivity contribution is 5.05. The van der Waals surface area contributed by atoms with E-state index in [9.17, 15) is 0 Å². The third-order valence-electron chi connectivity index (χ3n) is 3.14. The zero-order valence-corrected chi connectivity index (χ0v) is 12.1. The van der Waals surface area contributed by atoms with Crippen LogP contribution in [-0.2, 0) is 12.1 Å². The zero-order valence-electron chi connectivity index (χ0n) is 12.1. The topological polar surface area (TPSA) is 29.9 Å². The van der Waals surface area contributed by atoms with Crippen molar-refractivity contribution in [2.24, 2.45) is 5.92 Å². The van der Waals surface area contributed by atoms with E-state index in [-0.39, 0.29) is 5.54 Å². The van der Waals surface area contributed by atoms with Crippen LogP contribution in [0.25, 0.3) is 0 Å². The van der Waals surface area contributed by atoms with Crippen LogP contribution in [0.4, 0.5) is 0 Å². The highest BCUT2D eigenvalue weighted by Gasteiger charge is 2.15. The molecule has 17 heavy (non-hydrogen) atoms. The van der Waals surface area contributed by atoms with E-state index in [0.29, 0.717) is 12.0 Å². The van der Waals surface area contributed by atoms with Crippen LogP contribution in [-0.4, -0.2) is 15.8 Å². The zero-order chi connectivity index (χ0) is 13.1. The second-order valence-corrected chi connectivity index (χ2v) is 6.10. The molecule has 1 rings (SSSR count). The molecule has 1 atom stereocenters. The largest absolute Gasteiger partial charge is 0.310 e. The Morgan fingerprint density at radius 1 is 1.35 bits per heavy atom. The summed E-state index contributed by atoms with van der Waals surface area (Å²) in [6.45, 7) is 14.2. The maximum absolute atomic E-state index is 4.41. The molecule has 1 unspecified atom stereocenters. The van der Waals surface area contributed by atoms with Crippen LogP contribution in [0, 0.1) is 5.92 Å². The molecule has 0 saturated heterocycles. The average Bonchev–Trinajstić information content (AvgIpc) is 2.66. The van der Waals surface area contributed by atoms with E-state index in [1.807, 2.05) is 10.9 Å². The predicted octanol–water partition coefficient (Wildman–Crippen LogP) is 3.16. The van der Waals surface area contributed by atoms with Gasteiger partial charge in [-0.25, -0.2) is 0 Å². The predicted molar refractivity (Wildman–Crippen MR) is 73.0 cm³/mol. The lowest BCUT2D eigenvalue weighted by Gasteiger charge is -2.20. The molecule has 0 radical (unpaired) electrons. The minimum Gasteiger partial charge on any atom is -0.310 e. The molecular formula is C14H27N3. The molecule has 0 bridgehead atoms. The Bertz CT molecular complexity index is 333. The number of rotatable bonds is 5. The summed E-state index contributed by atoms with van der Waals surface area (Å²) in [4.78, 5) is 0. The van der Waals surface area contributed by atoms with Gasteiger partial charge in [0, 0.05) is 24.3 Å². The fourth-order valence-electron chi connectivity index (χ4n) is 1.92. The van der Waals surface area contributed by atoms with Crippen molar-refractivity contribution < 1.29 is 0 Å². The van der Waals surface area contributed by atoms with Gasteiger partial charge in [0.1, 0.15) is 0 Å². The van der Waals surface area contributed by atoms with Gasteiger partial charge >= 0.3 is 0 Å². The average molecular weight is 237 g/mol. The molecule has 0 fully saturated rings. The van der Waals surface area contributed by atoms with Gasteiger partial charge in [-0.05, 0) is 33.1 Å². The molecule has 0 aliphatic rings. The minimum atomic E-state index is 0.0699. The smallest absolute Gasteiger partial charge is 0.0543 e. The molecule has 0 saturated carbocycles. The van der Waals surface area contributed by atoms with E-state index in [1.165, 1.54) is 12.0 Å². The van der Waals surface area contributed by atoms with Crippen molar-refractivity contribution in [3.8, 4) is 0 Å². The van der Waals surface area contributed by atoms with Crippen molar-refractivity contribution in [2.45, 2.75) is 66.1 Å². The van der Waals surface area contributed by atoms with Gasteiger partial charge in [-0.2, -0.15) is 5.10 Å². The number of nitrogens with one attached hydrogen (secondary N) is 1. The van der Waals surface area contributed by atoms with Crippen LogP contribution in [0.2, 0.25) is 0 Å². The molecule has 1 heterocycles. The van der Waals surface area contributed by atoms with Gasteiger partial charge in [0.05, 0.1) is 11.7 Å². The Balaban J connectivity index is 2.56. The molecule has 0 aromatic carbocycles. The molecule has 3 heteroatoms. The van der Waals surface area contributed by atoms with Crippen LogP contribution >= 0.6 is 0 Å². The Morgan fingerprint density at radius 3 is 2.41 bits per heavy atom. The van der Waals surface area contributed by atoms with Crippen molar-refractivity contribution in [3.05, 3.63) is 18.0 Å². The Hall–Kier alpha value is -0.830. The highest BCUT2D eigenvalue weighted by Crippen LogP contribution is 2.13. The first-order valence-electron chi connectivity index (χ1n) is 6.62. The number of hydrogen-bond donors (Lipinski definition) is 1. The fraction of sp³-hybridized carbons (Fsp3) is 0.786. The van der Waals surface area contributed by atoms with Gasteiger partial charge in [-0.1, -0.05) is 20.8 Å². The summed E-state index contributed by atoms with van der Waals surface area (Å²) in [5.41, 5.74) is 1.33. The van der Waals surface area contributed by atoms with Gasteiger partial charge in [0.2, 0.25) is 0 Å². The summed E-state index contributed by atoms with van der Waals surface area (Å²) in [7, 11) is 0. The summed E-state index contributed by atoms with van der Waals surface area (Å²) < 4.78 is 2.03. The van der Waals surface area contributed by atoms with Crippen molar-refractivity contribution in [2.75, 3.05) is 0 Å². The minimum absolute atomic E-state index is 0.0699. The van der Waals surface area contributed by atoms with Crippen LogP contribution < -0.4 is 5.32 Å². The maximum Gasteiger partial charge on any atom is 0.0543 e. The first-order chi connectivity index (χ1) is 7.84. The number of aromatic nitrogens is 2. The van der Waals surface area contributed by atoms with E-state index < -0.39 is 0 Å². The maximum atomic E-state index is 4.41. The fourth-order valence-corrected chi connectivity index (χ4v) is 1.92. The van der Waals surface area contributed by atoms with E-state index in [0.717, 1.165) is 6.54 Å². The second-order valence-electron chi connectivity index (χ2n) is 6.10. The van der Waals surface area contributed by atoms with Gasteiger partial charge in [0.25, 0.3) is 0 Å². The van der Waals surface area contributed by atoms with Gasteiger partial charge < -0.3 is 5.32 Å². The Morgan fingerprint density at radius 2 is 2.00 bits per heavy atom. The van der Waals surface area contributed by atoms with E-state index >= 15 is 0 Å². The van der Waals surface area contributed by atoms with Gasteiger partial charge in [0.15, 0.2) is 0 Å². The molecule has 1 N–H and O–H groups in total. The highest BCUT2D eigenvalue weighted by atomic mass is 15.3. The monoisotopic (exact) mass is 237 g/mol. The molecule has 0 spiro atoms. The normalized spacial score (nSPS) is 14.3. The van der Waals surface area contributed by atoms with E-state index in [2.05, 4.69) is 58.2 Å². The molecule has 0 amide bonds. The standard InChI is InChI=1S/C14H27N3/c1-7-13(11(2)3)15-8-12-9-16-17(10-12)14(4,5)6/h9-11,13,15H,7-8H2,1-6H3. The molecule has 3 nitrogen and oxygen atoms in total. The third kappa shape index (κ3) is 4.15. The van der Waals surface area contributed by atoms with Crippen LogP contribution in [0.3, 0.4) is 0 Å². The quantitative estimate of drug-likeness (QED) is 0.852. The van der Waals surface area contributed by atoms with Crippen LogP contribution in [0.1, 0.15) is 53.5 Å². The van der Waals surface area contributed by atoms with E-state index in [1.54, 1.807) is 0 Å². The first-order valence-corrected chi connectivity index (χ1v) is 6.62. The van der Waals surface area contributed by atoms with E-state index in [4.69, 9.17) is 0 Å². The molecular weight excluding hydrogens is 210 g/mol. The lowest BCUT2D eigenvalue weighted by Crippen LogP contribution is -2.32. The SMILES string of the molecule is CCC(NCc1cnn(C(C)(C)C)c1)C(C)C. The summed E-state index contributed by atoms with van der Waals surface area (Å²) in [6.07, 6.45) is 5.27. The Kier molecular flexibility index (Phi) is 4.75. The van der Waals surface area contributed by atoms with Crippen LogP contribution in [0.15, 0.2) is 12.4 Å². The van der Waals surface area contributed by atoms with Crippen molar-refractivity contribution in [1.82, 2.24) is 15.1 Å². The molecule has 0 aliphatic heterocycles. The summed E-state index contributed by atoms with van der Waals surface area (Å²) >= 11 is 0. The molecule has 1 aromatic rings. The van der Waals surface area contributed by atoms with Gasteiger partial charge in [-0.3, -0.25) is 4.68 Å². The Labute approximate surface area is 106 Å². The summed E-state index contributed by atoms with van der Waals surface area (Å²) in [5.74, 6) is 0.678. The lowest BCUT2D eigenvalue weighted by atomic mass is 10.0. The molecule has 1 aromatic heterocycles. The molecule has 0 aliphatic carbocycles. The summed E-state index contributed by atoms with van der Waals surface area (Å²) in [5, 5.41) is 8.01. The second kappa shape index (κ2) is 5.67. The number of nitrogens with zero attached hydrogens (tertiary/aromatic N) is 2. The van der Waals surface area contributed by atoms with Crippen molar-refractivity contribution in [3.63, 3.8) is 0 Å². The first kappa shape index (κ1) is 14.2. The lowest BCUT2D eigenvalue weighted by molar-refractivity contribution is 0.354. The van der Waals surface area contributed by atoms with Crippen LogP contribution in [0.5, 0.6) is 0 Å². The third-order valence-corrected chi connectivity index (χ3v) is 3.14. The van der Waals surface area contributed by atoms with Crippen molar-refractivity contribution in [1.29, 1.82) is 0 Å². The summed E-state index contributed by atoms with van der Waals surface area (Å²) in [6, 6.07) is 0.591. The molecule has 98 valence electrons.